The van der Waals surface area contributed by atoms with Gasteiger partial charge in [-0.15, -0.1) is 0 Å². The highest BCUT2D eigenvalue weighted by molar-refractivity contribution is 5.83. The molecule has 3 rings (SSSR count). The first kappa shape index (κ1) is 19.0. The Balaban J connectivity index is 1.42. The fourth-order valence-corrected chi connectivity index (χ4v) is 2.57. The summed E-state index contributed by atoms with van der Waals surface area (Å²) in [5.74, 6) is 0.291. The van der Waals surface area contributed by atoms with E-state index in [9.17, 15) is 9.18 Å². The van der Waals surface area contributed by atoms with Gasteiger partial charge in [-0.05, 0) is 47.5 Å². The Morgan fingerprint density at radius 1 is 1.15 bits per heavy atom. The van der Waals surface area contributed by atoms with Crippen LogP contribution in [0.5, 0.6) is 5.75 Å². The second kappa shape index (κ2) is 9.80. The van der Waals surface area contributed by atoms with Crippen molar-refractivity contribution in [2.24, 2.45) is 5.10 Å². The van der Waals surface area contributed by atoms with E-state index >= 15 is 0 Å². The van der Waals surface area contributed by atoms with Crippen LogP contribution in [0.25, 0.3) is 0 Å². The van der Waals surface area contributed by atoms with Crippen molar-refractivity contribution in [3.63, 3.8) is 0 Å². The second-order valence-corrected chi connectivity index (χ2v) is 6.17. The first-order chi connectivity index (χ1) is 13.2. The lowest BCUT2D eigenvalue weighted by Gasteiger charge is -2.25. The van der Waals surface area contributed by atoms with Gasteiger partial charge in [-0.25, -0.2) is 9.82 Å². The van der Waals surface area contributed by atoms with Gasteiger partial charge in [0, 0.05) is 13.1 Å². The molecule has 1 N–H and O–H groups in total. The number of rotatable bonds is 7. The molecule has 0 radical (unpaired) electrons. The van der Waals surface area contributed by atoms with Gasteiger partial charge in [0.2, 0.25) is 0 Å². The molecule has 6 nitrogen and oxygen atoms in total. The molecule has 2 aromatic rings. The van der Waals surface area contributed by atoms with E-state index in [4.69, 9.17) is 9.47 Å². The number of carbonyl (C=O) groups excluding carboxylic acids is 1. The minimum atomic E-state index is -0.264. The van der Waals surface area contributed by atoms with Gasteiger partial charge in [0.25, 0.3) is 5.91 Å². The standard InChI is InChI=1S/C20H22FN3O3/c21-18-5-1-17(2-6-18)15-27-19-7-3-16(4-8-19)13-22-23-20(25)14-24-9-11-26-12-10-24/h1-8,13H,9-12,14-15H2,(H,23,25)/b22-13+. The summed E-state index contributed by atoms with van der Waals surface area (Å²) in [6, 6.07) is 13.5. The average Bonchev–Trinajstić information content (AvgIpc) is 2.69. The molecule has 7 heteroatoms. The number of ether oxygens (including phenoxy) is 2. The maximum atomic E-state index is 12.9. The average molecular weight is 371 g/mol. The highest BCUT2D eigenvalue weighted by Crippen LogP contribution is 2.13. The van der Waals surface area contributed by atoms with E-state index in [0.717, 1.165) is 24.2 Å². The van der Waals surface area contributed by atoms with Crippen molar-refractivity contribution in [2.75, 3.05) is 32.8 Å². The second-order valence-electron chi connectivity index (χ2n) is 6.17. The van der Waals surface area contributed by atoms with Gasteiger partial charge < -0.3 is 9.47 Å². The number of nitrogens with one attached hydrogen (secondary N) is 1. The Morgan fingerprint density at radius 2 is 1.85 bits per heavy atom. The highest BCUT2D eigenvalue weighted by atomic mass is 19.1. The molecule has 0 spiro atoms. The minimum Gasteiger partial charge on any atom is -0.489 e. The zero-order valence-electron chi connectivity index (χ0n) is 14.9. The fourth-order valence-electron chi connectivity index (χ4n) is 2.57. The van der Waals surface area contributed by atoms with Crippen molar-refractivity contribution in [1.29, 1.82) is 0 Å². The molecule has 0 aromatic heterocycles. The number of hydrazone groups is 1. The van der Waals surface area contributed by atoms with Crippen LogP contribution in [-0.2, 0) is 16.1 Å². The van der Waals surface area contributed by atoms with Crippen LogP contribution in [0.4, 0.5) is 4.39 Å². The number of hydrogen-bond donors (Lipinski definition) is 1. The maximum absolute atomic E-state index is 12.9. The lowest BCUT2D eigenvalue weighted by atomic mass is 10.2. The summed E-state index contributed by atoms with van der Waals surface area (Å²) in [7, 11) is 0. The topological polar surface area (TPSA) is 63.2 Å². The van der Waals surface area contributed by atoms with E-state index in [2.05, 4.69) is 10.5 Å². The normalized spacial score (nSPS) is 15.0. The quantitative estimate of drug-likeness (QED) is 0.599. The SMILES string of the molecule is O=C(CN1CCOCC1)N/N=C/c1ccc(OCc2ccc(F)cc2)cc1. The molecule has 27 heavy (non-hydrogen) atoms. The first-order valence-corrected chi connectivity index (χ1v) is 8.78. The Morgan fingerprint density at radius 3 is 2.56 bits per heavy atom. The van der Waals surface area contributed by atoms with E-state index in [-0.39, 0.29) is 11.7 Å². The summed E-state index contributed by atoms with van der Waals surface area (Å²) in [4.78, 5) is 13.9. The van der Waals surface area contributed by atoms with Gasteiger partial charge in [-0.3, -0.25) is 9.69 Å². The summed E-state index contributed by atoms with van der Waals surface area (Å²) in [5.41, 5.74) is 4.27. The number of hydrogen-bond acceptors (Lipinski definition) is 5. The molecule has 1 heterocycles. The van der Waals surface area contributed by atoms with E-state index in [1.165, 1.54) is 12.1 Å². The number of halogens is 1. The van der Waals surface area contributed by atoms with Crippen molar-refractivity contribution >= 4 is 12.1 Å². The van der Waals surface area contributed by atoms with E-state index in [1.54, 1.807) is 18.3 Å². The van der Waals surface area contributed by atoms with Gasteiger partial charge in [0.1, 0.15) is 18.2 Å². The largest absolute Gasteiger partial charge is 0.489 e. The molecule has 1 aliphatic rings. The first-order valence-electron chi connectivity index (χ1n) is 8.78. The van der Waals surface area contributed by atoms with Gasteiger partial charge in [-0.2, -0.15) is 5.10 Å². The molecule has 1 aliphatic heterocycles. The molecule has 1 fully saturated rings. The molecule has 142 valence electrons. The lowest BCUT2D eigenvalue weighted by Crippen LogP contribution is -2.42. The van der Waals surface area contributed by atoms with E-state index in [1.807, 2.05) is 29.2 Å². The fraction of sp³-hybridized carbons (Fsp3) is 0.300. The number of nitrogens with zero attached hydrogens (tertiary/aromatic N) is 2. The summed E-state index contributed by atoms with van der Waals surface area (Å²) in [6.45, 7) is 3.52. The highest BCUT2D eigenvalue weighted by Gasteiger charge is 2.13. The molecule has 0 atom stereocenters. The van der Waals surface area contributed by atoms with Crippen LogP contribution < -0.4 is 10.2 Å². The Hall–Kier alpha value is -2.77. The monoisotopic (exact) mass is 371 g/mol. The van der Waals surface area contributed by atoms with Gasteiger partial charge in [-0.1, -0.05) is 12.1 Å². The van der Waals surface area contributed by atoms with E-state index in [0.29, 0.717) is 32.1 Å². The predicted molar refractivity (Wildman–Crippen MR) is 100 cm³/mol. The lowest BCUT2D eigenvalue weighted by molar-refractivity contribution is -0.123. The summed E-state index contributed by atoms with van der Waals surface area (Å²) >= 11 is 0. The summed E-state index contributed by atoms with van der Waals surface area (Å²) in [5, 5.41) is 3.98. The van der Waals surface area contributed by atoms with Crippen LogP contribution in [0, 0.1) is 5.82 Å². The molecule has 0 aliphatic carbocycles. The number of benzene rings is 2. The van der Waals surface area contributed by atoms with Crippen molar-refractivity contribution in [1.82, 2.24) is 10.3 Å². The molecule has 2 aromatic carbocycles. The maximum Gasteiger partial charge on any atom is 0.254 e. The number of morpholine rings is 1. The zero-order chi connectivity index (χ0) is 18.9. The van der Waals surface area contributed by atoms with Crippen molar-refractivity contribution in [2.45, 2.75) is 6.61 Å². The molecule has 1 saturated heterocycles. The third-order valence-corrected chi connectivity index (χ3v) is 4.07. The molecule has 0 unspecified atom stereocenters. The van der Waals surface area contributed by atoms with Crippen LogP contribution in [0.3, 0.4) is 0 Å². The number of amides is 1. The summed E-state index contributed by atoms with van der Waals surface area (Å²) < 4.78 is 23.8. The minimum absolute atomic E-state index is 0.146. The zero-order valence-corrected chi connectivity index (χ0v) is 14.9. The summed E-state index contributed by atoms with van der Waals surface area (Å²) in [6.07, 6.45) is 1.58. The molecule has 0 saturated carbocycles. The van der Waals surface area contributed by atoms with Gasteiger partial charge in [0.15, 0.2) is 0 Å². The molecular weight excluding hydrogens is 349 g/mol. The van der Waals surface area contributed by atoms with Crippen molar-refractivity contribution in [3.05, 3.63) is 65.5 Å². The van der Waals surface area contributed by atoms with Crippen molar-refractivity contribution in [3.8, 4) is 5.75 Å². The Kier molecular flexibility index (Phi) is 6.90. The number of carbonyl (C=O) groups is 1. The molecular formula is C20H22FN3O3. The van der Waals surface area contributed by atoms with Crippen LogP contribution in [0.2, 0.25) is 0 Å². The van der Waals surface area contributed by atoms with Crippen molar-refractivity contribution < 1.29 is 18.7 Å². The third-order valence-electron chi connectivity index (χ3n) is 4.07. The van der Waals surface area contributed by atoms with Crippen LogP contribution in [-0.4, -0.2) is 49.9 Å². The van der Waals surface area contributed by atoms with Crippen LogP contribution in [0.1, 0.15) is 11.1 Å². The Labute approximate surface area is 157 Å². The third kappa shape index (κ3) is 6.47. The van der Waals surface area contributed by atoms with Crippen LogP contribution >= 0.6 is 0 Å². The van der Waals surface area contributed by atoms with Gasteiger partial charge in [0.05, 0.1) is 26.0 Å². The molecule has 0 bridgehead atoms. The predicted octanol–water partition coefficient (Wildman–Crippen LogP) is 2.19. The van der Waals surface area contributed by atoms with E-state index < -0.39 is 0 Å². The smallest absolute Gasteiger partial charge is 0.254 e. The Bertz CT molecular complexity index is 757. The molecule has 1 amide bonds. The van der Waals surface area contributed by atoms with Crippen LogP contribution in [0.15, 0.2) is 53.6 Å². The van der Waals surface area contributed by atoms with Gasteiger partial charge >= 0.3 is 0 Å².